The van der Waals surface area contributed by atoms with Gasteiger partial charge in [0.25, 0.3) is 0 Å². The Hall–Kier alpha value is -2.08. The minimum Gasteiger partial charge on any atom is -0.463 e. The van der Waals surface area contributed by atoms with Crippen molar-refractivity contribution in [3.05, 3.63) is 53.9 Å². The van der Waals surface area contributed by atoms with Crippen LogP contribution in [0.4, 0.5) is 0 Å². The molecule has 0 spiro atoms. The molecule has 23 heavy (non-hydrogen) atoms. The van der Waals surface area contributed by atoms with Gasteiger partial charge in [-0.1, -0.05) is 24.3 Å². The van der Waals surface area contributed by atoms with Gasteiger partial charge in [-0.05, 0) is 24.1 Å². The van der Waals surface area contributed by atoms with Gasteiger partial charge in [0.1, 0.15) is 0 Å². The second kappa shape index (κ2) is 9.15. The summed E-state index contributed by atoms with van der Waals surface area (Å²) in [5.41, 5.74) is 2.04. The largest absolute Gasteiger partial charge is 0.463 e. The molecule has 5 nitrogen and oxygen atoms in total. The van der Waals surface area contributed by atoms with Gasteiger partial charge in [0.05, 0.1) is 13.3 Å². The highest BCUT2D eigenvalue weighted by Gasteiger charge is 2.16. The maximum atomic E-state index is 11.4. The highest BCUT2D eigenvalue weighted by atomic mass is 79.9. The summed E-state index contributed by atoms with van der Waals surface area (Å²) in [6, 6.07) is 7.85. The molecule has 0 bridgehead atoms. The molecular weight excluding hydrogens is 360 g/mol. The molecule has 124 valence electrons. The van der Waals surface area contributed by atoms with Crippen LogP contribution in [0.2, 0.25) is 0 Å². The predicted molar refractivity (Wildman–Crippen MR) is 94.5 cm³/mol. The third-order valence-electron chi connectivity index (χ3n) is 3.31. The molecule has 1 amide bonds. The van der Waals surface area contributed by atoms with Crippen LogP contribution in [-0.4, -0.2) is 35.0 Å². The number of carbonyl (C=O) groups excluding carboxylic acids is 2. The summed E-state index contributed by atoms with van der Waals surface area (Å²) in [5.74, 6) is -0.324. The average Bonchev–Trinajstić information content (AvgIpc) is 2.95. The van der Waals surface area contributed by atoms with Gasteiger partial charge in [-0.3, -0.25) is 9.69 Å². The topological polar surface area (TPSA) is 49.9 Å². The van der Waals surface area contributed by atoms with Crippen molar-refractivity contribution >= 4 is 34.9 Å². The zero-order chi connectivity index (χ0) is 15.9. The molecule has 0 aliphatic carbocycles. The number of hydrogen-bond acceptors (Lipinski definition) is 4. The lowest BCUT2D eigenvalue weighted by molar-refractivity contribution is -0.137. The smallest absolute Gasteiger partial charge is 0.330 e. The van der Waals surface area contributed by atoms with Crippen LogP contribution in [0.3, 0.4) is 0 Å². The van der Waals surface area contributed by atoms with E-state index in [0.29, 0.717) is 19.8 Å². The zero-order valence-electron chi connectivity index (χ0n) is 13.3. The van der Waals surface area contributed by atoms with E-state index in [2.05, 4.69) is 0 Å². The predicted octanol–water partition coefficient (Wildman–Crippen LogP) is 2.93. The molecule has 1 aliphatic heterocycles. The minimum absolute atomic E-state index is 0. The normalized spacial score (nSPS) is 13.3. The van der Waals surface area contributed by atoms with E-state index in [-0.39, 0.29) is 28.9 Å². The van der Waals surface area contributed by atoms with E-state index < -0.39 is 0 Å². The SMILES string of the molecule is Br.CCOC(=O)C=Cc1ccccc1CN1C=CN(C(C)=O)C1. The molecule has 0 aromatic heterocycles. The molecule has 0 fully saturated rings. The maximum Gasteiger partial charge on any atom is 0.330 e. The summed E-state index contributed by atoms with van der Waals surface area (Å²) in [5, 5.41) is 0. The van der Waals surface area contributed by atoms with E-state index in [0.717, 1.165) is 11.1 Å². The van der Waals surface area contributed by atoms with E-state index in [4.69, 9.17) is 4.74 Å². The van der Waals surface area contributed by atoms with Crippen LogP contribution in [0.25, 0.3) is 6.08 Å². The fourth-order valence-corrected chi connectivity index (χ4v) is 2.18. The number of hydrogen-bond donors (Lipinski definition) is 0. The van der Waals surface area contributed by atoms with Crippen molar-refractivity contribution in [3.8, 4) is 0 Å². The van der Waals surface area contributed by atoms with Gasteiger partial charge < -0.3 is 9.64 Å². The quantitative estimate of drug-likeness (QED) is 0.581. The molecule has 0 N–H and O–H groups in total. The molecule has 6 heteroatoms. The standard InChI is InChI=1S/C17H20N2O3.BrH/c1-3-22-17(21)9-8-15-6-4-5-7-16(15)12-18-10-11-19(13-18)14(2)20;/h4-11H,3,12-13H2,1-2H3;1H. The van der Waals surface area contributed by atoms with Crippen molar-refractivity contribution in [1.82, 2.24) is 9.80 Å². The zero-order valence-corrected chi connectivity index (χ0v) is 15.0. The Bertz CT molecular complexity index is 614. The molecule has 1 aliphatic rings. The number of ether oxygens (including phenoxy) is 1. The van der Waals surface area contributed by atoms with Gasteiger partial charge in [0.2, 0.25) is 5.91 Å². The summed E-state index contributed by atoms with van der Waals surface area (Å²) in [6.07, 6.45) is 6.87. The van der Waals surface area contributed by atoms with Crippen molar-refractivity contribution < 1.29 is 14.3 Å². The van der Waals surface area contributed by atoms with Crippen molar-refractivity contribution in [1.29, 1.82) is 0 Å². The second-order valence-electron chi connectivity index (χ2n) is 4.96. The molecule has 0 saturated carbocycles. The second-order valence-corrected chi connectivity index (χ2v) is 4.96. The highest BCUT2D eigenvalue weighted by molar-refractivity contribution is 8.93. The Balaban J connectivity index is 0.00000264. The van der Waals surface area contributed by atoms with Crippen LogP contribution in [0, 0.1) is 0 Å². The van der Waals surface area contributed by atoms with Crippen molar-refractivity contribution in [2.75, 3.05) is 13.3 Å². The third-order valence-corrected chi connectivity index (χ3v) is 3.31. The van der Waals surface area contributed by atoms with E-state index >= 15 is 0 Å². The van der Waals surface area contributed by atoms with Gasteiger partial charge >= 0.3 is 5.97 Å². The first-order valence-corrected chi connectivity index (χ1v) is 7.22. The Morgan fingerprint density at radius 2 is 2.00 bits per heavy atom. The number of amides is 1. The highest BCUT2D eigenvalue weighted by Crippen LogP contribution is 2.17. The summed E-state index contributed by atoms with van der Waals surface area (Å²) in [6.45, 7) is 4.91. The van der Waals surface area contributed by atoms with E-state index in [1.807, 2.05) is 35.4 Å². The van der Waals surface area contributed by atoms with Crippen LogP contribution in [0.15, 0.2) is 42.7 Å². The van der Waals surface area contributed by atoms with Gasteiger partial charge in [-0.2, -0.15) is 0 Å². The Labute approximate surface area is 147 Å². The first-order chi connectivity index (χ1) is 10.6. The summed E-state index contributed by atoms with van der Waals surface area (Å²) < 4.78 is 4.89. The summed E-state index contributed by atoms with van der Waals surface area (Å²) >= 11 is 0. The molecule has 0 radical (unpaired) electrons. The fraction of sp³-hybridized carbons (Fsp3) is 0.294. The maximum absolute atomic E-state index is 11.4. The van der Waals surface area contributed by atoms with Crippen LogP contribution >= 0.6 is 17.0 Å². The first kappa shape index (κ1) is 19.0. The summed E-state index contributed by atoms with van der Waals surface area (Å²) in [7, 11) is 0. The minimum atomic E-state index is -0.346. The van der Waals surface area contributed by atoms with Crippen LogP contribution in [-0.2, 0) is 20.9 Å². The first-order valence-electron chi connectivity index (χ1n) is 7.22. The third kappa shape index (κ3) is 5.56. The van der Waals surface area contributed by atoms with Crippen LogP contribution in [0.1, 0.15) is 25.0 Å². The van der Waals surface area contributed by atoms with E-state index in [9.17, 15) is 9.59 Å². The number of esters is 1. The monoisotopic (exact) mass is 380 g/mol. The molecule has 1 aromatic rings. The lowest BCUT2D eigenvalue weighted by Gasteiger charge is -2.20. The van der Waals surface area contributed by atoms with Crippen molar-refractivity contribution in [3.63, 3.8) is 0 Å². The molecule has 1 aromatic carbocycles. The average molecular weight is 381 g/mol. The van der Waals surface area contributed by atoms with Crippen LogP contribution in [0.5, 0.6) is 0 Å². The molecule has 2 rings (SSSR count). The number of nitrogens with zero attached hydrogens (tertiary/aromatic N) is 2. The van der Waals surface area contributed by atoms with Gasteiger partial charge in [-0.15, -0.1) is 17.0 Å². The molecular formula is C17H21BrN2O3. The molecule has 0 saturated heterocycles. The number of rotatable bonds is 5. The lowest BCUT2D eigenvalue weighted by atomic mass is 10.1. The van der Waals surface area contributed by atoms with Gasteiger partial charge in [-0.25, -0.2) is 4.79 Å². The molecule has 1 heterocycles. The van der Waals surface area contributed by atoms with Crippen LogP contribution < -0.4 is 0 Å². The lowest BCUT2D eigenvalue weighted by Crippen LogP contribution is -2.28. The van der Waals surface area contributed by atoms with Crippen molar-refractivity contribution in [2.24, 2.45) is 0 Å². The number of halogens is 1. The Morgan fingerprint density at radius 3 is 2.65 bits per heavy atom. The van der Waals surface area contributed by atoms with Crippen molar-refractivity contribution in [2.45, 2.75) is 20.4 Å². The fourth-order valence-electron chi connectivity index (χ4n) is 2.18. The van der Waals surface area contributed by atoms with Gasteiger partial charge in [0.15, 0.2) is 0 Å². The van der Waals surface area contributed by atoms with E-state index in [1.54, 1.807) is 31.0 Å². The number of benzene rings is 1. The van der Waals surface area contributed by atoms with E-state index in [1.165, 1.54) is 6.08 Å². The molecule has 0 unspecified atom stereocenters. The summed E-state index contributed by atoms with van der Waals surface area (Å²) in [4.78, 5) is 26.4. The Kier molecular flexibility index (Phi) is 7.54. The van der Waals surface area contributed by atoms with Gasteiger partial charge in [0, 0.05) is 31.9 Å². The Morgan fingerprint density at radius 1 is 1.26 bits per heavy atom. The number of carbonyl (C=O) groups is 2. The molecule has 0 atom stereocenters.